The monoisotopic (exact) mass is 337 g/mol. The molecule has 0 saturated carbocycles. The third-order valence-corrected chi connectivity index (χ3v) is 4.74. The minimum absolute atomic E-state index is 0.152. The van der Waals surface area contributed by atoms with E-state index in [9.17, 15) is 10.1 Å². The van der Waals surface area contributed by atoms with Gasteiger partial charge in [-0.25, -0.2) is 0 Å². The molecule has 0 spiro atoms. The van der Waals surface area contributed by atoms with Crippen molar-refractivity contribution in [1.82, 2.24) is 0 Å². The van der Waals surface area contributed by atoms with Crippen LogP contribution in [0.25, 0.3) is 0 Å². The number of piperazine rings is 1. The van der Waals surface area contributed by atoms with Crippen LogP contribution in [0.1, 0.15) is 0 Å². The number of rotatable bonds is 6. The molecule has 0 amide bonds. The Balaban J connectivity index is 1.65. The molecule has 132 valence electrons. The van der Waals surface area contributed by atoms with Crippen LogP contribution in [0.5, 0.6) is 0 Å². The SMILES string of the molecule is O=[N+]([O-])c1ccc(N2CC[NH2+]CC2)cc1NCC[NH+]1CCOCC1. The summed E-state index contributed by atoms with van der Waals surface area (Å²) < 4.78 is 5.36. The Morgan fingerprint density at radius 2 is 2.04 bits per heavy atom. The standard InChI is InChI=1S/C16H25N5O3/c22-21(23)16-2-1-14(20-7-3-17-4-8-20)13-15(16)18-5-6-19-9-11-24-12-10-19/h1-2,13,17-18H,3-12H2/p+2. The van der Waals surface area contributed by atoms with Gasteiger partial charge >= 0.3 is 0 Å². The summed E-state index contributed by atoms with van der Waals surface area (Å²) in [6, 6.07) is 5.41. The Morgan fingerprint density at radius 3 is 2.75 bits per heavy atom. The fraction of sp³-hybridized carbons (Fsp3) is 0.625. The van der Waals surface area contributed by atoms with Crippen LogP contribution in [-0.2, 0) is 4.74 Å². The van der Waals surface area contributed by atoms with E-state index in [1.54, 1.807) is 6.07 Å². The fourth-order valence-corrected chi connectivity index (χ4v) is 3.31. The highest BCUT2D eigenvalue weighted by Gasteiger charge is 2.19. The quantitative estimate of drug-likeness (QED) is 0.426. The molecule has 2 heterocycles. The summed E-state index contributed by atoms with van der Waals surface area (Å²) in [6.45, 7) is 9.40. The molecular formula is C16H27N5O3+2. The van der Waals surface area contributed by atoms with E-state index in [1.807, 2.05) is 12.1 Å². The van der Waals surface area contributed by atoms with Crippen LogP contribution in [0.4, 0.5) is 17.1 Å². The second kappa shape index (κ2) is 8.27. The first-order valence-corrected chi connectivity index (χ1v) is 8.74. The van der Waals surface area contributed by atoms with Crippen LogP contribution < -0.4 is 20.4 Å². The van der Waals surface area contributed by atoms with E-state index >= 15 is 0 Å². The lowest BCUT2D eigenvalue weighted by Gasteiger charge is -2.27. The maximum atomic E-state index is 11.3. The number of nitrogens with one attached hydrogen (secondary N) is 2. The Kier molecular flexibility index (Phi) is 5.84. The average molecular weight is 337 g/mol. The number of quaternary nitrogens is 2. The van der Waals surface area contributed by atoms with Gasteiger partial charge in [-0.2, -0.15) is 0 Å². The molecule has 0 bridgehead atoms. The van der Waals surface area contributed by atoms with E-state index in [-0.39, 0.29) is 10.6 Å². The van der Waals surface area contributed by atoms with Crippen molar-refractivity contribution in [3.63, 3.8) is 0 Å². The second-order valence-corrected chi connectivity index (χ2v) is 6.35. The van der Waals surface area contributed by atoms with Crippen molar-refractivity contribution in [2.24, 2.45) is 0 Å². The first-order chi connectivity index (χ1) is 11.7. The molecule has 8 heteroatoms. The smallest absolute Gasteiger partial charge is 0.292 e. The number of nitrogens with two attached hydrogens (primary N) is 1. The van der Waals surface area contributed by atoms with Crippen molar-refractivity contribution in [2.45, 2.75) is 0 Å². The van der Waals surface area contributed by atoms with E-state index in [0.717, 1.165) is 71.3 Å². The zero-order valence-corrected chi connectivity index (χ0v) is 14.0. The number of anilines is 2. The van der Waals surface area contributed by atoms with Crippen LogP contribution >= 0.6 is 0 Å². The molecule has 2 aliphatic rings. The third-order valence-electron chi connectivity index (χ3n) is 4.74. The van der Waals surface area contributed by atoms with Crippen LogP contribution in [0.2, 0.25) is 0 Å². The number of morpholine rings is 1. The van der Waals surface area contributed by atoms with E-state index < -0.39 is 0 Å². The van der Waals surface area contributed by atoms with Crippen LogP contribution in [0.3, 0.4) is 0 Å². The summed E-state index contributed by atoms with van der Waals surface area (Å²) >= 11 is 0. The van der Waals surface area contributed by atoms with Gasteiger partial charge in [0.1, 0.15) is 18.8 Å². The topological polar surface area (TPSA) is 88.7 Å². The normalized spacial score (nSPS) is 19.2. The molecule has 0 unspecified atom stereocenters. The van der Waals surface area contributed by atoms with Gasteiger partial charge in [0.2, 0.25) is 0 Å². The maximum Gasteiger partial charge on any atom is 0.292 e. The molecule has 1 aromatic rings. The summed E-state index contributed by atoms with van der Waals surface area (Å²) in [6.07, 6.45) is 0. The van der Waals surface area contributed by atoms with Gasteiger partial charge in [0.15, 0.2) is 0 Å². The van der Waals surface area contributed by atoms with Crippen molar-refractivity contribution in [1.29, 1.82) is 0 Å². The minimum atomic E-state index is -0.308. The van der Waals surface area contributed by atoms with Crippen molar-refractivity contribution in [2.75, 3.05) is 75.8 Å². The number of nitro benzene ring substituents is 1. The Bertz CT molecular complexity index is 557. The van der Waals surface area contributed by atoms with Gasteiger partial charge in [-0.15, -0.1) is 0 Å². The molecule has 0 atom stereocenters. The molecular weight excluding hydrogens is 310 g/mol. The Labute approximate surface area is 141 Å². The zero-order valence-electron chi connectivity index (χ0n) is 14.0. The summed E-state index contributed by atoms with van der Waals surface area (Å²) in [7, 11) is 0. The van der Waals surface area contributed by atoms with Crippen LogP contribution in [0.15, 0.2) is 18.2 Å². The molecule has 3 rings (SSSR count). The van der Waals surface area contributed by atoms with E-state index in [0.29, 0.717) is 5.69 Å². The van der Waals surface area contributed by atoms with Crippen molar-refractivity contribution < 1.29 is 19.9 Å². The van der Waals surface area contributed by atoms with Gasteiger partial charge in [-0.05, 0) is 12.1 Å². The first-order valence-electron chi connectivity index (χ1n) is 8.74. The molecule has 1 aromatic carbocycles. The van der Waals surface area contributed by atoms with Crippen molar-refractivity contribution in [3.8, 4) is 0 Å². The predicted octanol–water partition coefficient (Wildman–Crippen LogP) is -1.69. The van der Waals surface area contributed by atoms with Gasteiger partial charge in [0, 0.05) is 11.8 Å². The highest BCUT2D eigenvalue weighted by atomic mass is 16.6. The number of hydrogen-bond donors (Lipinski definition) is 3. The first kappa shape index (κ1) is 16.9. The van der Waals surface area contributed by atoms with Crippen LogP contribution in [0, 0.1) is 10.1 Å². The molecule has 4 N–H and O–H groups in total. The van der Waals surface area contributed by atoms with Gasteiger partial charge < -0.3 is 25.2 Å². The molecule has 2 aliphatic heterocycles. The molecule has 2 saturated heterocycles. The number of benzene rings is 1. The Hall–Kier alpha value is -1.90. The Morgan fingerprint density at radius 1 is 1.29 bits per heavy atom. The summed E-state index contributed by atoms with van der Waals surface area (Å²) in [4.78, 5) is 14.8. The number of hydrogen-bond acceptors (Lipinski definition) is 5. The molecule has 2 fully saturated rings. The molecule has 8 nitrogen and oxygen atoms in total. The second-order valence-electron chi connectivity index (χ2n) is 6.35. The average Bonchev–Trinajstić information content (AvgIpc) is 2.63. The molecule has 0 radical (unpaired) electrons. The highest BCUT2D eigenvalue weighted by molar-refractivity contribution is 5.69. The van der Waals surface area contributed by atoms with Gasteiger partial charge in [0.05, 0.1) is 57.4 Å². The lowest BCUT2D eigenvalue weighted by atomic mass is 10.2. The van der Waals surface area contributed by atoms with Gasteiger partial charge in [-0.1, -0.05) is 0 Å². The largest absolute Gasteiger partial charge is 0.374 e. The lowest BCUT2D eigenvalue weighted by Crippen LogP contribution is -3.14. The van der Waals surface area contributed by atoms with E-state index in [4.69, 9.17) is 4.74 Å². The summed E-state index contributed by atoms with van der Waals surface area (Å²) in [5.41, 5.74) is 1.84. The highest BCUT2D eigenvalue weighted by Crippen LogP contribution is 2.29. The number of nitro groups is 1. The predicted molar refractivity (Wildman–Crippen MR) is 91.8 cm³/mol. The molecule has 0 aliphatic carbocycles. The zero-order chi connectivity index (χ0) is 16.8. The van der Waals surface area contributed by atoms with Crippen molar-refractivity contribution >= 4 is 17.1 Å². The summed E-state index contributed by atoms with van der Waals surface area (Å²) in [5.74, 6) is 0. The maximum absolute atomic E-state index is 11.3. The van der Waals surface area contributed by atoms with Gasteiger partial charge in [0.25, 0.3) is 5.69 Å². The third kappa shape index (κ3) is 4.34. The fourth-order valence-electron chi connectivity index (χ4n) is 3.31. The van der Waals surface area contributed by atoms with E-state index in [2.05, 4.69) is 15.5 Å². The molecule has 24 heavy (non-hydrogen) atoms. The number of ether oxygens (including phenoxy) is 1. The van der Waals surface area contributed by atoms with Gasteiger partial charge in [-0.3, -0.25) is 10.1 Å². The minimum Gasteiger partial charge on any atom is -0.374 e. The van der Waals surface area contributed by atoms with Crippen molar-refractivity contribution in [3.05, 3.63) is 28.3 Å². The molecule has 0 aromatic heterocycles. The lowest BCUT2D eigenvalue weighted by molar-refractivity contribution is -0.906. The summed E-state index contributed by atoms with van der Waals surface area (Å²) in [5, 5.41) is 16.9. The van der Waals surface area contributed by atoms with E-state index in [1.165, 1.54) is 4.90 Å². The number of nitrogens with zero attached hydrogens (tertiary/aromatic N) is 2. The van der Waals surface area contributed by atoms with Crippen LogP contribution in [-0.4, -0.2) is 70.5 Å².